The molecule has 0 heterocycles. The van der Waals surface area contributed by atoms with Crippen molar-refractivity contribution in [2.45, 2.75) is 27.3 Å². The molecule has 0 aliphatic heterocycles. The molecule has 1 N–H and O–H groups in total. The van der Waals surface area contributed by atoms with Crippen molar-refractivity contribution in [1.29, 1.82) is 0 Å². The second kappa shape index (κ2) is 8.16. The number of rotatable bonds is 8. The SMILES string of the molecule is CCOP(=O)(/C=C(/C)NCc1ccccc1)OCC. The summed E-state index contributed by atoms with van der Waals surface area (Å²) in [7, 11) is -3.12. The third-order valence-corrected chi connectivity index (χ3v) is 4.32. The van der Waals surface area contributed by atoms with Crippen LogP contribution in [0.15, 0.2) is 41.8 Å². The summed E-state index contributed by atoms with van der Waals surface area (Å²) in [5, 5.41) is 3.20. The fourth-order valence-corrected chi connectivity index (χ4v) is 3.10. The Morgan fingerprint density at radius 3 is 2.32 bits per heavy atom. The first-order valence-corrected chi connectivity index (χ1v) is 8.07. The lowest BCUT2D eigenvalue weighted by Crippen LogP contribution is -2.10. The zero-order valence-corrected chi connectivity index (χ0v) is 12.7. The minimum atomic E-state index is -3.12. The third kappa shape index (κ3) is 6.06. The molecule has 106 valence electrons. The maximum atomic E-state index is 12.3. The summed E-state index contributed by atoms with van der Waals surface area (Å²) in [5.41, 5.74) is 1.95. The smallest absolute Gasteiger partial charge is 0.355 e. The van der Waals surface area contributed by atoms with Crippen LogP contribution < -0.4 is 5.32 Å². The quantitative estimate of drug-likeness (QED) is 0.735. The lowest BCUT2D eigenvalue weighted by molar-refractivity contribution is 0.228. The van der Waals surface area contributed by atoms with E-state index in [4.69, 9.17) is 9.05 Å². The average Bonchev–Trinajstić information content (AvgIpc) is 2.38. The first kappa shape index (κ1) is 16.0. The minimum absolute atomic E-state index is 0.361. The molecule has 0 aromatic heterocycles. The number of hydrogen-bond donors (Lipinski definition) is 1. The second-order valence-electron chi connectivity index (χ2n) is 4.03. The zero-order chi connectivity index (χ0) is 14.1. The summed E-state index contributed by atoms with van der Waals surface area (Å²) in [6, 6.07) is 10.0. The van der Waals surface area contributed by atoms with Crippen LogP contribution >= 0.6 is 7.60 Å². The van der Waals surface area contributed by atoms with Gasteiger partial charge in [0.05, 0.1) is 13.2 Å². The van der Waals surface area contributed by atoms with E-state index < -0.39 is 7.60 Å². The van der Waals surface area contributed by atoms with Crippen LogP contribution in [0.2, 0.25) is 0 Å². The van der Waals surface area contributed by atoms with Gasteiger partial charge in [-0.15, -0.1) is 0 Å². The van der Waals surface area contributed by atoms with Gasteiger partial charge in [-0.05, 0) is 26.3 Å². The number of benzene rings is 1. The third-order valence-electron chi connectivity index (χ3n) is 2.38. The Labute approximate surface area is 115 Å². The van der Waals surface area contributed by atoms with Crippen LogP contribution in [0, 0.1) is 0 Å². The fourth-order valence-electron chi connectivity index (χ4n) is 1.59. The normalized spacial score (nSPS) is 12.5. The van der Waals surface area contributed by atoms with Crippen molar-refractivity contribution in [3.8, 4) is 0 Å². The van der Waals surface area contributed by atoms with E-state index in [-0.39, 0.29) is 0 Å². The molecule has 0 radical (unpaired) electrons. The Bertz CT molecular complexity index is 435. The molecule has 5 heteroatoms. The standard InChI is InChI=1S/C14H22NO3P/c1-4-17-19(16,18-5-2)12-13(3)15-11-14-9-7-6-8-10-14/h6-10,12,15H,4-5,11H2,1-3H3/b13-12-. The summed E-state index contributed by atoms with van der Waals surface area (Å²) in [5.74, 6) is 1.54. The van der Waals surface area contributed by atoms with Crippen LogP contribution in [0.3, 0.4) is 0 Å². The van der Waals surface area contributed by atoms with Gasteiger partial charge in [-0.25, -0.2) is 0 Å². The van der Waals surface area contributed by atoms with Crippen LogP contribution in [-0.4, -0.2) is 13.2 Å². The van der Waals surface area contributed by atoms with Crippen molar-refractivity contribution in [3.05, 3.63) is 47.4 Å². The minimum Gasteiger partial charge on any atom is -0.384 e. The van der Waals surface area contributed by atoms with E-state index in [1.165, 1.54) is 0 Å². The molecule has 0 atom stereocenters. The van der Waals surface area contributed by atoms with Crippen LogP contribution in [-0.2, 0) is 20.2 Å². The van der Waals surface area contributed by atoms with Gasteiger partial charge in [0.1, 0.15) is 0 Å². The van der Waals surface area contributed by atoms with E-state index in [2.05, 4.69) is 5.32 Å². The number of nitrogens with one attached hydrogen (secondary N) is 1. The molecule has 0 bridgehead atoms. The number of hydrogen-bond acceptors (Lipinski definition) is 4. The molecule has 0 fully saturated rings. The highest BCUT2D eigenvalue weighted by Gasteiger charge is 2.20. The maximum Gasteiger partial charge on any atom is 0.355 e. The van der Waals surface area contributed by atoms with Crippen molar-refractivity contribution in [3.63, 3.8) is 0 Å². The highest BCUT2D eigenvalue weighted by Crippen LogP contribution is 2.50. The lowest BCUT2D eigenvalue weighted by Gasteiger charge is -2.15. The van der Waals surface area contributed by atoms with E-state index in [0.717, 1.165) is 11.3 Å². The Balaban J connectivity index is 2.61. The second-order valence-corrected chi connectivity index (χ2v) is 5.88. The summed E-state index contributed by atoms with van der Waals surface area (Å²) >= 11 is 0. The van der Waals surface area contributed by atoms with Crippen molar-refractivity contribution in [1.82, 2.24) is 5.32 Å². The van der Waals surface area contributed by atoms with Gasteiger partial charge in [-0.3, -0.25) is 4.57 Å². The molecular weight excluding hydrogens is 261 g/mol. The predicted molar refractivity (Wildman–Crippen MR) is 77.9 cm³/mol. The molecule has 0 aliphatic carbocycles. The molecule has 4 nitrogen and oxygen atoms in total. The Hall–Kier alpha value is -1.09. The van der Waals surface area contributed by atoms with Crippen molar-refractivity contribution in [2.75, 3.05) is 13.2 Å². The van der Waals surface area contributed by atoms with Crippen molar-refractivity contribution < 1.29 is 13.6 Å². The van der Waals surface area contributed by atoms with Gasteiger partial charge in [0.25, 0.3) is 0 Å². The van der Waals surface area contributed by atoms with E-state index in [0.29, 0.717) is 19.8 Å². The zero-order valence-electron chi connectivity index (χ0n) is 11.8. The lowest BCUT2D eigenvalue weighted by atomic mass is 10.2. The van der Waals surface area contributed by atoms with Gasteiger partial charge in [0.2, 0.25) is 0 Å². The molecule has 0 unspecified atom stereocenters. The van der Waals surface area contributed by atoms with Crippen LogP contribution in [0.1, 0.15) is 26.3 Å². The molecule has 1 rings (SSSR count). The van der Waals surface area contributed by atoms with Crippen LogP contribution in [0.4, 0.5) is 0 Å². The summed E-state index contributed by atoms with van der Waals surface area (Å²) in [6.07, 6.45) is 0. The molecule has 0 aliphatic rings. The highest BCUT2D eigenvalue weighted by atomic mass is 31.2. The van der Waals surface area contributed by atoms with Crippen LogP contribution in [0.5, 0.6) is 0 Å². The van der Waals surface area contributed by atoms with Gasteiger partial charge in [-0.1, -0.05) is 30.3 Å². The topological polar surface area (TPSA) is 47.6 Å². The predicted octanol–water partition coefficient (Wildman–Crippen LogP) is 3.90. The molecule has 0 saturated carbocycles. The fraction of sp³-hybridized carbons (Fsp3) is 0.429. The Morgan fingerprint density at radius 1 is 1.21 bits per heavy atom. The van der Waals surface area contributed by atoms with Gasteiger partial charge >= 0.3 is 7.60 Å². The average molecular weight is 283 g/mol. The molecule has 0 spiro atoms. The van der Waals surface area contributed by atoms with Gasteiger partial charge in [-0.2, -0.15) is 0 Å². The Kier molecular flexibility index (Phi) is 6.85. The van der Waals surface area contributed by atoms with Crippen LogP contribution in [0.25, 0.3) is 0 Å². The monoisotopic (exact) mass is 283 g/mol. The summed E-state index contributed by atoms with van der Waals surface area (Å²) in [4.78, 5) is 0. The molecule has 1 aromatic rings. The van der Waals surface area contributed by atoms with Gasteiger partial charge in [0, 0.05) is 18.1 Å². The van der Waals surface area contributed by atoms with E-state index >= 15 is 0 Å². The largest absolute Gasteiger partial charge is 0.384 e. The molecule has 1 aromatic carbocycles. The molecule has 19 heavy (non-hydrogen) atoms. The van der Waals surface area contributed by atoms with E-state index in [9.17, 15) is 4.57 Å². The van der Waals surface area contributed by atoms with E-state index in [1.807, 2.05) is 37.3 Å². The maximum absolute atomic E-state index is 12.3. The van der Waals surface area contributed by atoms with Gasteiger partial charge in [0.15, 0.2) is 0 Å². The van der Waals surface area contributed by atoms with E-state index in [1.54, 1.807) is 19.7 Å². The van der Waals surface area contributed by atoms with Crippen molar-refractivity contribution >= 4 is 7.60 Å². The number of allylic oxidation sites excluding steroid dienone is 1. The summed E-state index contributed by atoms with van der Waals surface area (Å²) in [6.45, 7) is 6.85. The van der Waals surface area contributed by atoms with Gasteiger partial charge < -0.3 is 14.4 Å². The van der Waals surface area contributed by atoms with Crippen molar-refractivity contribution in [2.24, 2.45) is 0 Å². The first-order chi connectivity index (χ1) is 9.09. The summed E-state index contributed by atoms with van der Waals surface area (Å²) < 4.78 is 22.7. The highest BCUT2D eigenvalue weighted by molar-refractivity contribution is 7.57. The first-order valence-electron chi connectivity index (χ1n) is 6.45. The molecular formula is C14H22NO3P. The Morgan fingerprint density at radius 2 is 1.79 bits per heavy atom. The molecule has 0 saturated heterocycles. The molecule has 0 amide bonds.